The quantitative estimate of drug-likeness (QED) is 0.852. The Morgan fingerprint density at radius 2 is 2.25 bits per heavy atom. The van der Waals surface area contributed by atoms with Gasteiger partial charge in [0.05, 0.1) is 5.02 Å². The van der Waals surface area contributed by atoms with E-state index < -0.39 is 0 Å². The molecule has 1 saturated carbocycles. The Bertz CT molecular complexity index is 363. The molecule has 1 aromatic carbocycles. The van der Waals surface area contributed by atoms with Crippen molar-refractivity contribution in [1.29, 1.82) is 0 Å². The molecule has 2 nitrogen and oxygen atoms in total. The van der Waals surface area contributed by atoms with Gasteiger partial charge in [-0.3, -0.25) is 0 Å². The molecule has 0 radical (unpaired) electrons. The van der Waals surface area contributed by atoms with Crippen molar-refractivity contribution in [2.24, 2.45) is 0 Å². The van der Waals surface area contributed by atoms with E-state index in [1.807, 2.05) is 25.1 Å². The second kappa shape index (κ2) is 5.07. The highest BCUT2D eigenvalue weighted by Crippen LogP contribution is 2.26. The smallest absolute Gasteiger partial charge is 0.138 e. The second-order valence-electron chi connectivity index (χ2n) is 4.54. The molecule has 0 bridgehead atoms. The Balaban J connectivity index is 1.86. The summed E-state index contributed by atoms with van der Waals surface area (Å²) in [5, 5.41) is 4.13. The molecule has 1 aromatic rings. The summed E-state index contributed by atoms with van der Waals surface area (Å²) in [5.41, 5.74) is 1.15. The van der Waals surface area contributed by atoms with Crippen LogP contribution in [0.5, 0.6) is 5.75 Å². The number of hydrogen-bond acceptors (Lipinski definition) is 2. The van der Waals surface area contributed by atoms with Gasteiger partial charge in [-0.25, -0.2) is 0 Å². The molecule has 1 aliphatic carbocycles. The SMILES string of the molecule is Cc1ccc(OC(C)CNC2CC2)c(Cl)c1. The van der Waals surface area contributed by atoms with Gasteiger partial charge in [0.15, 0.2) is 0 Å². The van der Waals surface area contributed by atoms with Crippen LogP contribution < -0.4 is 10.1 Å². The van der Waals surface area contributed by atoms with Crippen molar-refractivity contribution in [3.8, 4) is 5.75 Å². The Hall–Kier alpha value is -0.730. The molecule has 2 rings (SSSR count). The fourth-order valence-electron chi connectivity index (χ4n) is 1.58. The van der Waals surface area contributed by atoms with E-state index in [2.05, 4.69) is 12.2 Å². The van der Waals surface area contributed by atoms with Crippen LogP contribution in [-0.4, -0.2) is 18.7 Å². The summed E-state index contributed by atoms with van der Waals surface area (Å²) in [5.74, 6) is 0.775. The molecule has 0 aromatic heterocycles. The van der Waals surface area contributed by atoms with Gasteiger partial charge in [0, 0.05) is 12.6 Å². The summed E-state index contributed by atoms with van der Waals surface area (Å²) in [6.45, 7) is 4.97. The summed E-state index contributed by atoms with van der Waals surface area (Å²) in [6, 6.07) is 6.60. The molecule has 88 valence electrons. The normalized spacial score (nSPS) is 17.2. The average molecular weight is 240 g/mol. The molecule has 1 fully saturated rings. The molecular weight excluding hydrogens is 222 g/mol. The van der Waals surface area contributed by atoms with Crippen molar-refractivity contribution in [1.82, 2.24) is 5.32 Å². The standard InChI is InChI=1S/C13H18ClNO/c1-9-3-6-13(12(14)7-9)16-10(2)8-15-11-4-5-11/h3,6-7,10-11,15H,4-5,8H2,1-2H3. The Labute approximate surface area is 102 Å². The lowest BCUT2D eigenvalue weighted by molar-refractivity contribution is 0.217. The molecule has 1 N–H and O–H groups in total. The van der Waals surface area contributed by atoms with E-state index in [9.17, 15) is 0 Å². The topological polar surface area (TPSA) is 21.3 Å². The predicted molar refractivity (Wildman–Crippen MR) is 67.3 cm³/mol. The van der Waals surface area contributed by atoms with Crippen molar-refractivity contribution in [2.75, 3.05) is 6.54 Å². The van der Waals surface area contributed by atoms with Crippen LogP contribution in [0.4, 0.5) is 0 Å². The van der Waals surface area contributed by atoms with Gasteiger partial charge in [0.2, 0.25) is 0 Å². The third-order valence-electron chi connectivity index (χ3n) is 2.69. The Kier molecular flexibility index (Phi) is 3.72. The lowest BCUT2D eigenvalue weighted by Crippen LogP contribution is -2.30. The first-order valence-corrected chi connectivity index (χ1v) is 6.19. The minimum absolute atomic E-state index is 0.154. The number of halogens is 1. The first kappa shape index (κ1) is 11.7. The van der Waals surface area contributed by atoms with Gasteiger partial charge in [0.25, 0.3) is 0 Å². The maximum Gasteiger partial charge on any atom is 0.138 e. The number of rotatable bonds is 5. The highest BCUT2D eigenvalue weighted by molar-refractivity contribution is 6.32. The van der Waals surface area contributed by atoms with E-state index in [1.165, 1.54) is 12.8 Å². The molecule has 3 heteroatoms. The van der Waals surface area contributed by atoms with Crippen molar-refractivity contribution in [3.63, 3.8) is 0 Å². The lowest BCUT2D eigenvalue weighted by Gasteiger charge is -2.16. The molecule has 1 aliphatic rings. The molecule has 0 amide bonds. The van der Waals surface area contributed by atoms with E-state index in [4.69, 9.17) is 16.3 Å². The number of benzene rings is 1. The van der Waals surface area contributed by atoms with Crippen molar-refractivity contribution < 1.29 is 4.74 Å². The minimum Gasteiger partial charge on any atom is -0.488 e. The molecule has 16 heavy (non-hydrogen) atoms. The molecule has 0 spiro atoms. The fraction of sp³-hybridized carbons (Fsp3) is 0.538. The second-order valence-corrected chi connectivity index (χ2v) is 4.95. The molecule has 0 heterocycles. The van der Waals surface area contributed by atoms with Crippen molar-refractivity contribution in [2.45, 2.75) is 38.8 Å². The number of nitrogens with one attached hydrogen (secondary N) is 1. The summed E-state index contributed by atoms with van der Waals surface area (Å²) in [4.78, 5) is 0. The maximum atomic E-state index is 6.10. The van der Waals surface area contributed by atoms with Crippen LogP contribution in [0.2, 0.25) is 5.02 Å². The largest absolute Gasteiger partial charge is 0.488 e. The van der Waals surface area contributed by atoms with Crippen LogP contribution in [0.15, 0.2) is 18.2 Å². The monoisotopic (exact) mass is 239 g/mol. The predicted octanol–water partition coefficient (Wildman–Crippen LogP) is 3.17. The molecule has 1 atom stereocenters. The van der Waals surface area contributed by atoms with Gasteiger partial charge in [-0.05, 0) is 44.4 Å². The van der Waals surface area contributed by atoms with E-state index in [0.717, 1.165) is 23.9 Å². The molecule has 0 aliphatic heterocycles. The van der Waals surface area contributed by atoms with Crippen LogP contribution in [0.3, 0.4) is 0 Å². The molecular formula is C13H18ClNO. The van der Waals surface area contributed by atoms with Gasteiger partial charge in [0.1, 0.15) is 11.9 Å². The fourth-order valence-corrected chi connectivity index (χ4v) is 1.86. The van der Waals surface area contributed by atoms with Crippen LogP contribution in [0.1, 0.15) is 25.3 Å². The van der Waals surface area contributed by atoms with Gasteiger partial charge < -0.3 is 10.1 Å². The first-order valence-electron chi connectivity index (χ1n) is 5.81. The Morgan fingerprint density at radius 3 is 2.88 bits per heavy atom. The molecule has 1 unspecified atom stereocenters. The zero-order valence-electron chi connectivity index (χ0n) is 9.79. The van der Waals surface area contributed by atoms with E-state index >= 15 is 0 Å². The van der Waals surface area contributed by atoms with E-state index in [0.29, 0.717) is 5.02 Å². The summed E-state index contributed by atoms with van der Waals surface area (Å²) in [7, 11) is 0. The molecule has 0 saturated heterocycles. The first-order chi connectivity index (χ1) is 7.65. The zero-order valence-corrected chi connectivity index (χ0v) is 10.6. The summed E-state index contributed by atoms with van der Waals surface area (Å²) >= 11 is 6.10. The number of hydrogen-bond donors (Lipinski definition) is 1. The Morgan fingerprint density at radius 1 is 1.50 bits per heavy atom. The van der Waals surface area contributed by atoms with E-state index in [-0.39, 0.29) is 6.10 Å². The van der Waals surface area contributed by atoms with Crippen LogP contribution in [-0.2, 0) is 0 Å². The van der Waals surface area contributed by atoms with E-state index in [1.54, 1.807) is 0 Å². The van der Waals surface area contributed by atoms with Gasteiger partial charge in [-0.15, -0.1) is 0 Å². The van der Waals surface area contributed by atoms with Gasteiger partial charge in [-0.1, -0.05) is 17.7 Å². The lowest BCUT2D eigenvalue weighted by atomic mass is 10.2. The van der Waals surface area contributed by atoms with Crippen LogP contribution >= 0.6 is 11.6 Å². The highest BCUT2D eigenvalue weighted by Gasteiger charge is 2.21. The van der Waals surface area contributed by atoms with Crippen molar-refractivity contribution >= 4 is 11.6 Å². The minimum atomic E-state index is 0.154. The third-order valence-corrected chi connectivity index (χ3v) is 2.98. The average Bonchev–Trinajstić information content (AvgIpc) is 3.03. The maximum absolute atomic E-state index is 6.10. The summed E-state index contributed by atoms with van der Waals surface area (Å²) < 4.78 is 5.78. The van der Waals surface area contributed by atoms with Crippen LogP contribution in [0, 0.1) is 6.92 Å². The van der Waals surface area contributed by atoms with Crippen LogP contribution in [0.25, 0.3) is 0 Å². The number of aryl methyl sites for hydroxylation is 1. The highest BCUT2D eigenvalue weighted by atomic mass is 35.5. The third kappa shape index (κ3) is 3.39. The summed E-state index contributed by atoms with van der Waals surface area (Å²) in [6.07, 6.45) is 2.76. The number of ether oxygens (including phenoxy) is 1. The van der Waals surface area contributed by atoms with Gasteiger partial charge in [-0.2, -0.15) is 0 Å². The van der Waals surface area contributed by atoms with Crippen molar-refractivity contribution in [3.05, 3.63) is 28.8 Å². The van der Waals surface area contributed by atoms with Gasteiger partial charge >= 0.3 is 0 Å². The zero-order chi connectivity index (χ0) is 11.5.